The molecule has 1 saturated heterocycles. The summed E-state index contributed by atoms with van der Waals surface area (Å²) in [5.41, 5.74) is 2.46. The maximum absolute atomic E-state index is 5.64. The number of anilines is 1. The van der Waals surface area contributed by atoms with Gasteiger partial charge in [-0.2, -0.15) is 11.8 Å². The lowest BCUT2D eigenvalue weighted by molar-refractivity contribution is 0.105. The van der Waals surface area contributed by atoms with Gasteiger partial charge in [-0.15, -0.1) is 0 Å². The minimum Gasteiger partial charge on any atom is -0.373 e. The zero-order valence-electron chi connectivity index (χ0n) is 9.32. The van der Waals surface area contributed by atoms with Gasteiger partial charge in [-0.3, -0.25) is 0 Å². The Morgan fingerprint density at radius 3 is 3.06 bits per heavy atom. The summed E-state index contributed by atoms with van der Waals surface area (Å²) in [5, 5.41) is 3.17. The first kappa shape index (κ1) is 10.4. The molecule has 1 aromatic heterocycles. The van der Waals surface area contributed by atoms with E-state index < -0.39 is 0 Å². The van der Waals surface area contributed by atoms with Gasteiger partial charge in [0.15, 0.2) is 5.82 Å². The van der Waals surface area contributed by atoms with Crippen LogP contribution in [0.2, 0.25) is 0 Å². The normalized spacial score (nSPS) is 23.4. The van der Waals surface area contributed by atoms with Gasteiger partial charge in [0, 0.05) is 30.7 Å². The van der Waals surface area contributed by atoms with Crippen LogP contribution in [0.3, 0.4) is 0 Å². The van der Waals surface area contributed by atoms with E-state index in [4.69, 9.17) is 4.74 Å². The van der Waals surface area contributed by atoms with E-state index in [1.807, 2.05) is 18.8 Å². The van der Waals surface area contributed by atoms with E-state index in [2.05, 4.69) is 15.3 Å². The van der Waals surface area contributed by atoms with Crippen molar-refractivity contribution in [3.63, 3.8) is 0 Å². The molecule has 3 rings (SSSR count). The smallest absolute Gasteiger partial charge is 0.159 e. The molecule has 4 nitrogen and oxygen atoms in total. The molecule has 2 aliphatic heterocycles. The van der Waals surface area contributed by atoms with Crippen LogP contribution < -0.4 is 5.32 Å². The molecule has 3 heterocycles. The maximum atomic E-state index is 5.64. The van der Waals surface area contributed by atoms with Crippen LogP contribution in [0.1, 0.15) is 36.0 Å². The van der Waals surface area contributed by atoms with Gasteiger partial charge in [0.25, 0.3) is 0 Å². The summed E-state index contributed by atoms with van der Waals surface area (Å²) in [6.45, 7) is 0.842. The van der Waals surface area contributed by atoms with E-state index in [0.717, 1.165) is 42.6 Å². The molecule has 0 spiro atoms. The van der Waals surface area contributed by atoms with E-state index in [1.165, 1.54) is 11.3 Å². The molecule has 1 atom stereocenters. The number of thioether (sulfide) groups is 1. The van der Waals surface area contributed by atoms with Gasteiger partial charge in [0.1, 0.15) is 11.9 Å². The standard InChI is InChI=1S/C11H15N3OS/c1-12-10-7-5-16-6-8(7)13-11(14-10)9-3-2-4-15-9/h9H,2-6H2,1H3,(H,12,13,14). The van der Waals surface area contributed by atoms with Gasteiger partial charge in [0.2, 0.25) is 0 Å². The Bertz CT molecular complexity index is 404. The van der Waals surface area contributed by atoms with Crippen molar-refractivity contribution >= 4 is 17.6 Å². The minimum absolute atomic E-state index is 0.114. The predicted molar refractivity (Wildman–Crippen MR) is 64.5 cm³/mol. The molecule has 0 bridgehead atoms. The number of fused-ring (bicyclic) bond motifs is 1. The number of hydrogen-bond acceptors (Lipinski definition) is 5. The molecule has 0 amide bonds. The van der Waals surface area contributed by atoms with E-state index in [-0.39, 0.29) is 6.10 Å². The topological polar surface area (TPSA) is 47.0 Å². The molecule has 1 aromatic rings. The molecule has 86 valence electrons. The van der Waals surface area contributed by atoms with E-state index in [0.29, 0.717) is 0 Å². The van der Waals surface area contributed by atoms with Crippen molar-refractivity contribution in [2.75, 3.05) is 19.0 Å². The lowest BCUT2D eigenvalue weighted by Gasteiger charge is -2.12. The Kier molecular flexibility index (Phi) is 2.73. The summed E-state index contributed by atoms with van der Waals surface area (Å²) in [5.74, 6) is 3.88. The lowest BCUT2D eigenvalue weighted by Crippen LogP contribution is -2.09. The monoisotopic (exact) mass is 237 g/mol. The molecule has 1 N–H and O–H groups in total. The summed E-state index contributed by atoms with van der Waals surface area (Å²) in [7, 11) is 1.92. The molecule has 1 unspecified atom stereocenters. The Labute approximate surface area is 99.2 Å². The highest BCUT2D eigenvalue weighted by Gasteiger charge is 2.25. The number of aromatic nitrogens is 2. The number of ether oxygens (including phenoxy) is 1. The highest BCUT2D eigenvalue weighted by molar-refractivity contribution is 7.98. The maximum Gasteiger partial charge on any atom is 0.159 e. The van der Waals surface area contributed by atoms with Crippen LogP contribution in [-0.2, 0) is 16.2 Å². The molecule has 2 aliphatic rings. The van der Waals surface area contributed by atoms with Crippen LogP contribution in [0.25, 0.3) is 0 Å². The molecular formula is C11H15N3OS. The summed E-state index contributed by atoms with van der Waals surface area (Å²) in [6.07, 6.45) is 2.28. The van der Waals surface area contributed by atoms with Gasteiger partial charge < -0.3 is 10.1 Å². The van der Waals surface area contributed by atoms with E-state index in [1.54, 1.807) is 0 Å². The Balaban J connectivity index is 2.00. The Morgan fingerprint density at radius 2 is 2.31 bits per heavy atom. The van der Waals surface area contributed by atoms with Crippen LogP contribution in [0.4, 0.5) is 5.82 Å². The van der Waals surface area contributed by atoms with Crippen LogP contribution >= 0.6 is 11.8 Å². The van der Waals surface area contributed by atoms with Crippen LogP contribution in [0.5, 0.6) is 0 Å². The quantitative estimate of drug-likeness (QED) is 0.853. The zero-order valence-corrected chi connectivity index (χ0v) is 10.1. The average Bonchev–Trinajstić information content (AvgIpc) is 2.97. The van der Waals surface area contributed by atoms with Gasteiger partial charge in [-0.05, 0) is 12.8 Å². The minimum atomic E-state index is 0.114. The number of rotatable bonds is 2. The second-order valence-electron chi connectivity index (χ2n) is 4.10. The van der Waals surface area contributed by atoms with Crippen LogP contribution in [-0.4, -0.2) is 23.6 Å². The third kappa shape index (κ3) is 1.68. The lowest BCUT2D eigenvalue weighted by atomic mass is 10.2. The summed E-state index contributed by atoms with van der Waals surface area (Å²) >= 11 is 1.90. The molecule has 1 fully saturated rings. The van der Waals surface area contributed by atoms with Crippen molar-refractivity contribution in [2.24, 2.45) is 0 Å². The highest BCUT2D eigenvalue weighted by atomic mass is 32.2. The fraction of sp³-hybridized carbons (Fsp3) is 0.636. The van der Waals surface area contributed by atoms with Gasteiger partial charge in [-0.1, -0.05) is 0 Å². The van der Waals surface area contributed by atoms with E-state index in [9.17, 15) is 0 Å². The van der Waals surface area contributed by atoms with Crippen LogP contribution in [0.15, 0.2) is 0 Å². The highest BCUT2D eigenvalue weighted by Crippen LogP contribution is 2.35. The number of nitrogens with zero attached hydrogens (tertiary/aromatic N) is 2. The van der Waals surface area contributed by atoms with Crippen molar-refractivity contribution in [3.05, 3.63) is 17.1 Å². The Hall–Kier alpha value is -0.810. The largest absolute Gasteiger partial charge is 0.373 e. The van der Waals surface area contributed by atoms with Crippen molar-refractivity contribution in [2.45, 2.75) is 30.5 Å². The second-order valence-corrected chi connectivity index (χ2v) is 5.09. The molecule has 5 heteroatoms. The Morgan fingerprint density at radius 1 is 1.38 bits per heavy atom. The summed E-state index contributed by atoms with van der Waals surface area (Å²) in [4.78, 5) is 9.23. The van der Waals surface area contributed by atoms with Crippen molar-refractivity contribution in [1.29, 1.82) is 0 Å². The SMILES string of the molecule is CNc1nc(C2CCCO2)nc2c1CSC2. The first-order valence-electron chi connectivity index (χ1n) is 5.65. The van der Waals surface area contributed by atoms with Crippen molar-refractivity contribution in [1.82, 2.24) is 9.97 Å². The van der Waals surface area contributed by atoms with Gasteiger partial charge in [0.05, 0.1) is 5.69 Å². The number of hydrogen-bond donors (Lipinski definition) is 1. The molecule has 0 aliphatic carbocycles. The van der Waals surface area contributed by atoms with Gasteiger partial charge >= 0.3 is 0 Å². The molecule has 16 heavy (non-hydrogen) atoms. The molecule has 0 aromatic carbocycles. The third-order valence-corrected chi connectivity index (χ3v) is 4.02. The van der Waals surface area contributed by atoms with Gasteiger partial charge in [-0.25, -0.2) is 9.97 Å². The third-order valence-electron chi connectivity index (χ3n) is 3.05. The average molecular weight is 237 g/mol. The first-order chi connectivity index (χ1) is 7.88. The predicted octanol–water partition coefficient (Wildman–Crippen LogP) is 2.12. The second kappa shape index (κ2) is 4.22. The number of nitrogens with one attached hydrogen (secondary N) is 1. The molecule has 0 saturated carbocycles. The van der Waals surface area contributed by atoms with Crippen molar-refractivity contribution in [3.8, 4) is 0 Å². The fourth-order valence-corrected chi connectivity index (χ4v) is 3.24. The summed E-state index contributed by atoms with van der Waals surface area (Å²) in [6, 6.07) is 0. The zero-order chi connectivity index (χ0) is 11.0. The molecule has 0 radical (unpaired) electrons. The summed E-state index contributed by atoms with van der Waals surface area (Å²) < 4.78 is 5.64. The fourth-order valence-electron chi connectivity index (χ4n) is 2.20. The first-order valence-corrected chi connectivity index (χ1v) is 6.80. The van der Waals surface area contributed by atoms with Crippen LogP contribution in [0, 0.1) is 0 Å². The molecular weight excluding hydrogens is 222 g/mol. The van der Waals surface area contributed by atoms with E-state index >= 15 is 0 Å². The van der Waals surface area contributed by atoms with Crippen molar-refractivity contribution < 1.29 is 4.74 Å².